The van der Waals surface area contributed by atoms with Gasteiger partial charge in [-0.15, -0.1) is 5.10 Å². The van der Waals surface area contributed by atoms with E-state index in [2.05, 4.69) is 61.7 Å². The molecule has 8 heteroatoms. The van der Waals surface area contributed by atoms with Crippen LogP contribution in [0.3, 0.4) is 0 Å². The van der Waals surface area contributed by atoms with Crippen molar-refractivity contribution >= 4 is 0 Å². The van der Waals surface area contributed by atoms with E-state index in [-0.39, 0.29) is 12.8 Å². The summed E-state index contributed by atoms with van der Waals surface area (Å²) in [5, 5.41) is 13.0. The van der Waals surface area contributed by atoms with Gasteiger partial charge in [0.15, 0.2) is 17.3 Å². The first-order valence-electron chi connectivity index (χ1n) is 12.5. The Labute approximate surface area is 200 Å². The molecule has 2 aromatic carbocycles. The quantitative estimate of drug-likeness (QED) is 0.558. The Balaban J connectivity index is 1.24. The van der Waals surface area contributed by atoms with E-state index in [1.54, 1.807) is 0 Å². The van der Waals surface area contributed by atoms with E-state index in [0.29, 0.717) is 6.54 Å². The summed E-state index contributed by atoms with van der Waals surface area (Å²) in [5.74, 6) is 2.46. The van der Waals surface area contributed by atoms with Crippen molar-refractivity contribution in [3.05, 3.63) is 65.5 Å². The number of fused-ring (bicyclic) bond motifs is 1. The molecule has 1 saturated heterocycles. The first kappa shape index (κ1) is 21.6. The zero-order valence-corrected chi connectivity index (χ0v) is 19.6. The van der Waals surface area contributed by atoms with Crippen LogP contribution in [0.5, 0.6) is 11.5 Å². The van der Waals surface area contributed by atoms with Crippen LogP contribution < -0.4 is 9.47 Å². The van der Waals surface area contributed by atoms with Crippen molar-refractivity contribution in [1.82, 2.24) is 30.0 Å². The Hall–Kier alpha value is -2.97. The molecule has 1 aromatic heterocycles. The van der Waals surface area contributed by atoms with Crippen LogP contribution in [0.2, 0.25) is 0 Å². The molecule has 1 aliphatic carbocycles. The zero-order chi connectivity index (χ0) is 22.7. The van der Waals surface area contributed by atoms with E-state index in [0.717, 1.165) is 55.1 Å². The molecule has 2 aliphatic heterocycles. The van der Waals surface area contributed by atoms with Gasteiger partial charge in [0.2, 0.25) is 6.79 Å². The van der Waals surface area contributed by atoms with Gasteiger partial charge in [-0.3, -0.25) is 9.80 Å². The van der Waals surface area contributed by atoms with Crippen LogP contribution in [0.25, 0.3) is 0 Å². The average molecular weight is 461 g/mol. The number of rotatable bonds is 6. The predicted octanol–water partition coefficient (Wildman–Crippen LogP) is 3.49. The zero-order valence-electron chi connectivity index (χ0n) is 19.6. The van der Waals surface area contributed by atoms with E-state index in [1.807, 2.05) is 16.8 Å². The molecule has 1 atom stereocenters. The van der Waals surface area contributed by atoms with Crippen LogP contribution in [0, 0.1) is 0 Å². The molecular weight excluding hydrogens is 428 g/mol. The molecule has 6 rings (SSSR count). The van der Waals surface area contributed by atoms with E-state index in [1.165, 1.54) is 37.7 Å². The molecule has 2 fully saturated rings. The molecule has 0 N–H and O–H groups in total. The minimum absolute atomic E-state index is 0.0266. The van der Waals surface area contributed by atoms with Crippen molar-refractivity contribution in [1.29, 1.82) is 0 Å². The fourth-order valence-corrected chi connectivity index (χ4v) is 5.70. The molecule has 3 aromatic rings. The highest BCUT2D eigenvalue weighted by molar-refractivity contribution is 5.44. The van der Waals surface area contributed by atoms with Crippen LogP contribution in [0.4, 0.5) is 0 Å². The minimum Gasteiger partial charge on any atom is -0.454 e. The maximum atomic E-state index is 5.56. The smallest absolute Gasteiger partial charge is 0.231 e. The van der Waals surface area contributed by atoms with Gasteiger partial charge < -0.3 is 9.47 Å². The van der Waals surface area contributed by atoms with Crippen molar-refractivity contribution in [2.45, 2.75) is 50.7 Å². The van der Waals surface area contributed by atoms with Gasteiger partial charge >= 0.3 is 0 Å². The monoisotopic (exact) mass is 460 g/mol. The van der Waals surface area contributed by atoms with Gasteiger partial charge in [0.1, 0.15) is 0 Å². The Morgan fingerprint density at radius 1 is 0.882 bits per heavy atom. The second-order valence-corrected chi connectivity index (χ2v) is 9.56. The molecule has 0 bridgehead atoms. The van der Waals surface area contributed by atoms with Crippen molar-refractivity contribution < 1.29 is 9.47 Å². The maximum Gasteiger partial charge on any atom is 0.231 e. The normalized spacial score (nSPS) is 20.5. The standard InChI is InChI=1S/C26H32N6O2/c1-3-7-21(8-4-1)25(31-15-13-30(14-16-31)22-9-5-2-6-10-22)26-27-28-29-32(26)18-20-11-12-23-24(17-20)34-19-33-23/h1,3-4,7-8,11-12,17,22,25H,2,5-6,9-10,13-16,18-19H2. The molecule has 3 heterocycles. The van der Waals surface area contributed by atoms with E-state index < -0.39 is 0 Å². The molecule has 1 unspecified atom stereocenters. The molecule has 0 radical (unpaired) electrons. The van der Waals surface area contributed by atoms with Crippen molar-refractivity contribution in [3.8, 4) is 11.5 Å². The van der Waals surface area contributed by atoms with Gasteiger partial charge in [-0.1, -0.05) is 55.7 Å². The number of tetrazole rings is 1. The van der Waals surface area contributed by atoms with Crippen LogP contribution in [-0.4, -0.2) is 69.0 Å². The third-order valence-electron chi connectivity index (χ3n) is 7.49. The summed E-state index contributed by atoms with van der Waals surface area (Å²) in [4.78, 5) is 5.27. The van der Waals surface area contributed by atoms with Crippen molar-refractivity contribution in [2.75, 3.05) is 33.0 Å². The molecule has 34 heavy (non-hydrogen) atoms. The molecular formula is C26H32N6O2. The Bertz CT molecular complexity index is 1090. The number of aromatic nitrogens is 4. The molecule has 1 saturated carbocycles. The number of piperazine rings is 1. The van der Waals surface area contributed by atoms with Crippen molar-refractivity contribution in [3.63, 3.8) is 0 Å². The predicted molar refractivity (Wildman–Crippen MR) is 128 cm³/mol. The summed E-state index contributed by atoms with van der Waals surface area (Å²) in [6, 6.07) is 17.5. The van der Waals surface area contributed by atoms with Gasteiger partial charge in [-0.25, -0.2) is 4.68 Å². The lowest BCUT2D eigenvalue weighted by atomic mass is 9.93. The average Bonchev–Trinajstić information content (AvgIpc) is 3.55. The third kappa shape index (κ3) is 4.40. The van der Waals surface area contributed by atoms with Gasteiger partial charge in [0.25, 0.3) is 0 Å². The lowest BCUT2D eigenvalue weighted by Gasteiger charge is -2.43. The summed E-state index contributed by atoms with van der Waals surface area (Å²) in [6.45, 7) is 5.12. The SMILES string of the molecule is c1ccc(C(c2nnnn2Cc2ccc3c(c2)OCO3)N2CCN(C3CCCCC3)CC2)cc1. The second-order valence-electron chi connectivity index (χ2n) is 9.56. The topological polar surface area (TPSA) is 68.5 Å². The fraction of sp³-hybridized carbons (Fsp3) is 0.500. The van der Waals surface area contributed by atoms with Crippen LogP contribution in [0.15, 0.2) is 48.5 Å². The fourth-order valence-electron chi connectivity index (χ4n) is 5.70. The molecule has 3 aliphatic rings. The minimum atomic E-state index is 0.0266. The van der Waals surface area contributed by atoms with Gasteiger partial charge in [0, 0.05) is 32.2 Å². The Morgan fingerprint density at radius 3 is 2.50 bits per heavy atom. The van der Waals surface area contributed by atoms with Crippen LogP contribution >= 0.6 is 0 Å². The molecule has 0 spiro atoms. The lowest BCUT2D eigenvalue weighted by Crippen LogP contribution is -2.52. The summed E-state index contributed by atoms with van der Waals surface area (Å²) in [6.07, 6.45) is 6.88. The highest BCUT2D eigenvalue weighted by atomic mass is 16.7. The molecule has 0 amide bonds. The van der Waals surface area contributed by atoms with E-state index in [4.69, 9.17) is 9.47 Å². The van der Waals surface area contributed by atoms with E-state index in [9.17, 15) is 0 Å². The largest absolute Gasteiger partial charge is 0.454 e. The molecule has 8 nitrogen and oxygen atoms in total. The summed E-state index contributed by atoms with van der Waals surface area (Å²) >= 11 is 0. The Morgan fingerprint density at radius 2 is 1.68 bits per heavy atom. The first-order valence-corrected chi connectivity index (χ1v) is 12.5. The number of benzene rings is 2. The summed E-state index contributed by atoms with van der Waals surface area (Å²) < 4.78 is 13.0. The van der Waals surface area contributed by atoms with Crippen molar-refractivity contribution in [2.24, 2.45) is 0 Å². The molecule has 178 valence electrons. The number of ether oxygens (including phenoxy) is 2. The summed E-state index contributed by atoms with van der Waals surface area (Å²) in [7, 11) is 0. The Kier molecular flexibility index (Phi) is 6.16. The lowest BCUT2D eigenvalue weighted by molar-refractivity contribution is 0.0620. The highest BCUT2D eigenvalue weighted by Gasteiger charge is 2.32. The van der Waals surface area contributed by atoms with Crippen LogP contribution in [-0.2, 0) is 6.54 Å². The second kappa shape index (κ2) is 9.72. The number of hydrogen-bond donors (Lipinski definition) is 0. The van der Waals surface area contributed by atoms with Gasteiger partial charge in [0.05, 0.1) is 12.6 Å². The third-order valence-corrected chi connectivity index (χ3v) is 7.49. The summed E-state index contributed by atoms with van der Waals surface area (Å²) in [5.41, 5.74) is 2.32. The number of hydrogen-bond acceptors (Lipinski definition) is 7. The van der Waals surface area contributed by atoms with Gasteiger partial charge in [-0.05, 0) is 46.5 Å². The number of nitrogens with zero attached hydrogens (tertiary/aromatic N) is 6. The van der Waals surface area contributed by atoms with Gasteiger partial charge in [-0.2, -0.15) is 0 Å². The first-order chi connectivity index (χ1) is 16.8. The van der Waals surface area contributed by atoms with E-state index >= 15 is 0 Å². The highest BCUT2D eigenvalue weighted by Crippen LogP contribution is 2.34. The maximum absolute atomic E-state index is 5.56. The van der Waals surface area contributed by atoms with Crippen LogP contribution in [0.1, 0.15) is 55.1 Å².